The summed E-state index contributed by atoms with van der Waals surface area (Å²) >= 11 is 5.96. The number of nitrogen functional groups attached to an aromatic ring is 1. The molecular formula is C14H16ClN3. The average molecular weight is 262 g/mol. The van der Waals surface area contributed by atoms with Crippen LogP contribution in [0.2, 0.25) is 5.02 Å². The van der Waals surface area contributed by atoms with Gasteiger partial charge in [0.05, 0.1) is 0 Å². The molecule has 0 bridgehead atoms. The molecule has 0 spiro atoms. The summed E-state index contributed by atoms with van der Waals surface area (Å²) < 4.78 is 0. The van der Waals surface area contributed by atoms with Crippen LogP contribution in [0.1, 0.15) is 22.7 Å². The Bertz CT molecular complexity index is 534. The number of rotatable bonds is 3. The monoisotopic (exact) mass is 261 g/mol. The number of nitrogens with two attached hydrogens (primary N) is 2. The fourth-order valence-electron chi connectivity index (χ4n) is 2.09. The van der Waals surface area contributed by atoms with Gasteiger partial charge < -0.3 is 11.5 Å². The third kappa shape index (κ3) is 2.81. The summed E-state index contributed by atoms with van der Waals surface area (Å²) in [5.41, 5.74) is 15.2. The first-order valence-electron chi connectivity index (χ1n) is 5.79. The zero-order chi connectivity index (χ0) is 13.1. The molecule has 0 aliphatic carbocycles. The van der Waals surface area contributed by atoms with Crippen LogP contribution in [0.15, 0.2) is 36.5 Å². The van der Waals surface area contributed by atoms with Gasteiger partial charge in [0.1, 0.15) is 5.82 Å². The van der Waals surface area contributed by atoms with E-state index in [1.807, 2.05) is 37.3 Å². The molecule has 3 nitrogen and oxygen atoms in total. The number of hydrogen-bond donors (Lipinski definition) is 2. The smallest absolute Gasteiger partial charge is 0.128 e. The van der Waals surface area contributed by atoms with Crippen molar-refractivity contribution in [2.75, 3.05) is 5.73 Å². The van der Waals surface area contributed by atoms with Crippen LogP contribution in [0.25, 0.3) is 0 Å². The zero-order valence-electron chi connectivity index (χ0n) is 10.2. The van der Waals surface area contributed by atoms with Crippen molar-refractivity contribution in [1.82, 2.24) is 4.98 Å². The van der Waals surface area contributed by atoms with Gasteiger partial charge >= 0.3 is 0 Å². The second kappa shape index (κ2) is 5.38. The van der Waals surface area contributed by atoms with Gasteiger partial charge in [0.25, 0.3) is 0 Å². The normalized spacial score (nSPS) is 12.4. The molecular weight excluding hydrogens is 246 g/mol. The van der Waals surface area contributed by atoms with Gasteiger partial charge in [0.15, 0.2) is 0 Å². The first kappa shape index (κ1) is 12.9. The molecule has 0 aliphatic heterocycles. The Kier molecular flexibility index (Phi) is 3.84. The molecule has 0 radical (unpaired) electrons. The van der Waals surface area contributed by atoms with Gasteiger partial charge in [-0.3, -0.25) is 0 Å². The first-order chi connectivity index (χ1) is 8.58. The van der Waals surface area contributed by atoms with Gasteiger partial charge in [-0.25, -0.2) is 4.98 Å². The largest absolute Gasteiger partial charge is 0.383 e. The molecule has 1 atom stereocenters. The minimum atomic E-state index is -0.169. The highest BCUT2D eigenvalue weighted by Gasteiger charge is 2.14. The van der Waals surface area contributed by atoms with Crippen molar-refractivity contribution in [3.05, 3.63) is 58.2 Å². The van der Waals surface area contributed by atoms with E-state index in [0.717, 1.165) is 21.7 Å². The van der Waals surface area contributed by atoms with Crippen LogP contribution in [-0.4, -0.2) is 4.98 Å². The van der Waals surface area contributed by atoms with Crippen molar-refractivity contribution >= 4 is 17.4 Å². The average Bonchev–Trinajstić information content (AvgIpc) is 2.28. The molecule has 1 unspecified atom stereocenters. The topological polar surface area (TPSA) is 64.9 Å². The van der Waals surface area contributed by atoms with Crippen molar-refractivity contribution in [1.29, 1.82) is 0 Å². The Balaban J connectivity index is 2.25. The summed E-state index contributed by atoms with van der Waals surface area (Å²) in [6, 6.07) is 9.45. The van der Waals surface area contributed by atoms with Gasteiger partial charge in [-0.2, -0.15) is 0 Å². The highest BCUT2D eigenvalue weighted by molar-refractivity contribution is 6.30. The molecule has 4 heteroatoms. The van der Waals surface area contributed by atoms with E-state index >= 15 is 0 Å². The number of aryl methyl sites for hydroxylation is 1. The number of hydrogen-bond acceptors (Lipinski definition) is 3. The third-order valence-corrected chi connectivity index (χ3v) is 3.19. The van der Waals surface area contributed by atoms with Crippen LogP contribution in [0.5, 0.6) is 0 Å². The molecule has 0 saturated heterocycles. The van der Waals surface area contributed by atoms with E-state index in [2.05, 4.69) is 4.98 Å². The van der Waals surface area contributed by atoms with Crippen LogP contribution in [0.3, 0.4) is 0 Å². The Hall–Kier alpha value is -1.58. The van der Waals surface area contributed by atoms with Crippen LogP contribution >= 0.6 is 11.6 Å². The zero-order valence-corrected chi connectivity index (χ0v) is 11.0. The second-order valence-electron chi connectivity index (χ2n) is 4.37. The van der Waals surface area contributed by atoms with Crippen LogP contribution < -0.4 is 11.5 Å². The molecule has 0 fully saturated rings. The quantitative estimate of drug-likeness (QED) is 0.893. The number of pyridine rings is 1. The van der Waals surface area contributed by atoms with E-state index in [4.69, 9.17) is 23.1 Å². The van der Waals surface area contributed by atoms with Gasteiger partial charge in [-0.15, -0.1) is 0 Å². The Labute approximate surface area is 112 Å². The van der Waals surface area contributed by atoms with E-state index in [-0.39, 0.29) is 6.04 Å². The number of aromatic nitrogens is 1. The number of anilines is 1. The summed E-state index contributed by atoms with van der Waals surface area (Å²) in [6.45, 7) is 1.99. The highest BCUT2D eigenvalue weighted by Crippen LogP contribution is 2.24. The molecule has 0 aliphatic rings. The van der Waals surface area contributed by atoms with E-state index in [1.54, 1.807) is 6.20 Å². The third-order valence-electron chi connectivity index (χ3n) is 2.95. The molecule has 0 amide bonds. The Morgan fingerprint density at radius 1 is 1.33 bits per heavy atom. The molecule has 2 rings (SSSR count). The van der Waals surface area contributed by atoms with Crippen molar-refractivity contribution in [2.24, 2.45) is 5.73 Å². The maximum Gasteiger partial charge on any atom is 0.128 e. The highest BCUT2D eigenvalue weighted by atomic mass is 35.5. The molecule has 0 saturated carbocycles. The molecule has 1 aromatic carbocycles. The predicted molar refractivity (Wildman–Crippen MR) is 75.5 cm³/mol. The van der Waals surface area contributed by atoms with E-state index < -0.39 is 0 Å². The maximum absolute atomic E-state index is 6.22. The maximum atomic E-state index is 6.22. The van der Waals surface area contributed by atoms with Crippen molar-refractivity contribution in [3.8, 4) is 0 Å². The van der Waals surface area contributed by atoms with Gasteiger partial charge in [0, 0.05) is 22.8 Å². The summed E-state index contributed by atoms with van der Waals surface area (Å²) in [5.74, 6) is 0.504. The molecule has 1 heterocycles. The standard InChI is InChI=1S/C14H16ClN3/c1-9-5-6-18-14(17)13(9)12(16)8-10-3-2-4-11(15)7-10/h2-7,12H,8,16H2,1H3,(H2,17,18). The fraction of sp³-hybridized carbons (Fsp3) is 0.214. The minimum Gasteiger partial charge on any atom is -0.383 e. The molecule has 4 N–H and O–H groups in total. The lowest BCUT2D eigenvalue weighted by Gasteiger charge is -2.16. The van der Waals surface area contributed by atoms with Gasteiger partial charge in [0.2, 0.25) is 0 Å². The summed E-state index contributed by atoms with van der Waals surface area (Å²) in [4.78, 5) is 4.09. The van der Waals surface area contributed by atoms with Crippen LogP contribution in [-0.2, 0) is 6.42 Å². The minimum absolute atomic E-state index is 0.169. The lowest BCUT2D eigenvalue weighted by Crippen LogP contribution is -2.17. The Morgan fingerprint density at radius 2 is 2.11 bits per heavy atom. The van der Waals surface area contributed by atoms with Crippen LogP contribution in [0.4, 0.5) is 5.82 Å². The number of halogens is 1. The molecule has 2 aromatic rings. The number of nitrogens with zero attached hydrogens (tertiary/aromatic N) is 1. The van der Waals surface area contributed by atoms with Crippen molar-refractivity contribution in [2.45, 2.75) is 19.4 Å². The van der Waals surface area contributed by atoms with E-state index in [0.29, 0.717) is 12.2 Å². The lowest BCUT2D eigenvalue weighted by atomic mass is 9.97. The van der Waals surface area contributed by atoms with Gasteiger partial charge in [-0.05, 0) is 42.7 Å². The lowest BCUT2D eigenvalue weighted by molar-refractivity contribution is 0.716. The van der Waals surface area contributed by atoms with Crippen molar-refractivity contribution in [3.63, 3.8) is 0 Å². The molecule has 1 aromatic heterocycles. The van der Waals surface area contributed by atoms with Crippen LogP contribution in [0, 0.1) is 6.92 Å². The summed E-state index contributed by atoms with van der Waals surface area (Å²) in [7, 11) is 0. The molecule has 18 heavy (non-hydrogen) atoms. The summed E-state index contributed by atoms with van der Waals surface area (Å²) in [6.07, 6.45) is 2.39. The van der Waals surface area contributed by atoms with Gasteiger partial charge in [-0.1, -0.05) is 23.7 Å². The fourth-order valence-corrected chi connectivity index (χ4v) is 2.31. The predicted octanol–water partition coefficient (Wildman–Crippen LogP) is 2.87. The SMILES string of the molecule is Cc1ccnc(N)c1C(N)Cc1cccc(Cl)c1. The van der Waals surface area contributed by atoms with E-state index in [1.165, 1.54) is 0 Å². The Morgan fingerprint density at radius 3 is 2.78 bits per heavy atom. The van der Waals surface area contributed by atoms with E-state index in [9.17, 15) is 0 Å². The second-order valence-corrected chi connectivity index (χ2v) is 4.80. The first-order valence-corrected chi connectivity index (χ1v) is 6.16. The van der Waals surface area contributed by atoms with Crippen molar-refractivity contribution < 1.29 is 0 Å². The summed E-state index contributed by atoms with van der Waals surface area (Å²) in [5, 5.41) is 0.718. The number of benzene rings is 1. The molecule has 94 valence electrons.